The Balaban J connectivity index is 1.27. The lowest BCUT2D eigenvalue weighted by Gasteiger charge is -2.22. The quantitative estimate of drug-likeness (QED) is 0.0734. The molecule has 2 aliphatic heterocycles. The lowest BCUT2D eigenvalue weighted by molar-refractivity contribution is -0.765. The number of aliphatic hydroxyl groups is 4. The van der Waals surface area contributed by atoms with Gasteiger partial charge < -0.3 is 50.4 Å². The van der Waals surface area contributed by atoms with Crippen LogP contribution < -0.4 is 15.9 Å². The Bertz CT molecular complexity index is 1680. The highest BCUT2D eigenvalue weighted by atomic mass is 31.3. The van der Waals surface area contributed by atoms with Crippen LogP contribution in [0.4, 0.5) is 0 Å². The van der Waals surface area contributed by atoms with Gasteiger partial charge in [0.15, 0.2) is 35.9 Å². The van der Waals surface area contributed by atoms with Crippen molar-refractivity contribution in [2.45, 2.75) is 49.1 Å². The molecular weight excluding hydrogens is 638 g/mol. The van der Waals surface area contributed by atoms with Crippen LogP contribution in [-0.2, 0) is 32.0 Å². The maximum absolute atomic E-state index is 13.2. The zero-order valence-corrected chi connectivity index (χ0v) is 23.9. The Morgan fingerprint density at radius 2 is 1.70 bits per heavy atom. The first-order chi connectivity index (χ1) is 20.7. The summed E-state index contributed by atoms with van der Waals surface area (Å²) in [6.07, 6.45) is -7.42. The molecule has 44 heavy (non-hydrogen) atoms. The summed E-state index contributed by atoms with van der Waals surface area (Å²) in [4.78, 5) is 52.2. The van der Waals surface area contributed by atoms with E-state index in [-0.39, 0.29) is 16.7 Å². The number of hydrogen-bond donors (Lipinski definition) is 8. The Morgan fingerprint density at radius 1 is 1.05 bits per heavy atom. The van der Waals surface area contributed by atoms with E-state index in [1.54, 1.807) is 0 Å². The van der Waals surface area contributed by atoms with Crippen molar-refractivity contribution < 1.29 is 71.5 Å². The van der Waals surface area contributed by atoms with Crippen molar-refractivity contribution in [2.75, 3.05) is 13.2 Å². The number of hydrogen-bond acceptors (Lipinski definition) is 15. The van der Waals surface area contributed by atoms with Gasteiger partial charge >= 0.3 is 15.6 Å². The van der Waals surface area contributed by atoms with Gasteiger partial charge in [0.05, 0.1) is 25.9 Å². The number of aromatic amines is 1. The second-order valence-electron chi connectivity index (χ2n) is 9.66. The number of H-pyrrole nitrogens is 1. The van der Waals surface area contributed by atoms with Crippen molar-refractivity contribution in [1.29, 1.82) is 0 Å². The van der Waals surface area contributed by atoms with E-state index in [4.69, 9.17) is 24.3 Å². The number of phosphoric acid groups is 2. The predicted octanol–water partition coefficient (Wildman–Crippen LogP) is -3.30. The molecule has 0 bridgehead atoms. The number of ether oxygens (including phenoxy) is 2. The molecule has 9 atom stereocenters. The monoisotopic (exact) mass is 665 g/mol. The molecule has 9 unspecified atom stereocenters. The van der Waals surface area contributed by atoms with Crippen LogP contribution in [0.5, 0.6) is 0 Å². The Hall–Kier alpha value is -3.01. The molecular formula is C21H27N6O15P2+. The Kier molecular flexibility index (Phi) is 9.13. The number of imidazole rings is 1. The maximum atomic E-state index is 13.2. The van der Waals surface area contributed by atoms with Gasteiger partial charge in [-0.15, -0.1) is 0 Å². The predicted molar refractivity (Wildman–Crippen MR) is 138 cm³/mol. The smallest absolute Gasteiger partial charge is 0.387 e. The fourth-order valence-electron chi connectivity index (χ4n) is 4.60. The van der Waals surface area contributed by atoms with Gasteiger partial charge in [-0.1, -0.05) is 0 Å². The summed E-state index contributed by atoms with van der Waals surface area (Å²) >= 11 is 0. The third-order valence-electron chi connectivity index (χ3n) is 6.71. The van der Waals surface area contributed by atoms with Crippen LogP contribution in [0, 0.1) is 0 Å². The number of aliphatic hydroxyl groups excluding tert-OH is 4. The van der Waals surface area contributed by atoms with Crippen LogP contribution in [0.15, 0.2) is 42.0 Å². The van der Waals surface area contributed by atoms with E-state index in [9.17, 15) is 48.9 Å². The van der Waals surface area contributed by atoms with Gasteiger partial charge in [-0.3, -0.25) is 23.2 Å². The molecule has 0 radical (unpaired) electrons. The average molecular weight is 665 g/mol. The van der Waals surface area contributed by atoms with Crippen molar-refractivity contribution in [1.82, 2.24) is 19.5 Å². The molecule has 23 heteroatoms. The van der Waals surface area contributed by atoms with E-state index in [2.05, 4.69) is 19.3 Å². The van der Waals surface area contributed by atoms with Crippen molar-refractivity contribution in [3.63, 3.8) is 0 Å². The lowest BCUT2D eigenvalue weighted by atomic mass is 10.1. The van der Waals surface area contributed by atoms with E-state index in [0.717, 1.165) is 17.2 Å². The first-order valence-electron chi connectivity index (χ1n) is 12.6. The van der Waals surface area contributed by atoms with Crippen molar-refractivity contribution in [3.05, 3.63) is 53.1 Å². The average Bonchev–Trinajstić information content (AvgIpc) is 3.60. The van der Waals surface area contributed by atoms with Gasteiger partial charge in [-0.25, -0.2) is 19.1 Å². The van der Waals surface area contributed by atoms with Gasteiger partial charge in [0.1, 0.15) is 36.1 Å². The number of amides is 1. The van der Waals surface area contributed by atoms with Crippen molar-refractivity contribution in [2.24, 2.45) is 5.73 Å². The first kappa shape index (κ1) is 32.4. The van der Waals surface area contributed by atoms with Crippen molar-refractivity contribution in [3.8, 4) is 0 Å². The highest BCUT2D eigenvalue weighted by Gasteiger charge is 2.51. The zero-order chi connectivity index (χ0) is 32.0. The summed E-state index contributed by atoms with van der Waals surface area (Å²) in [6.45, 7) is -1.82. The molecule has 0 aliphatic carbocycles. The number of phosphoric ester groups is 1. The summed E-state index contributed by atoms with van der Waals surface area (Å²) in [5.41, 5.74) is 4.65. The third-order valence-corrected chi connectivity index (χ3v) is 9.30. The van der Waals surface area contributed by atoms with Gasteiger partial charge in [-0.2, -0.15) is 8.88 Å². The SMILES string of the molecule is NC(=O)c1ccc[n+](C2OC(COP(=O)(OCC3OC(n4cnc5c(=O)[nH]cnc54)C(O)C3O)OP(=O)(O)O)C(O)C2O)c1. The number of carbonyl (C=O) groups is 1. The topological polar surface area (TPSA) is 312 Å². The Labute approximate surface area is 245 Å². The molecule has 0 spiro atoms. The van der Waals surface area contributed by atoms with Gasteiger partial charge in [0.2, 0.25) is 0 Å². The minimum atomic E-state index is -5.54. The molecule has 1 amide bonds. The second kappa shape index (κ2) is 12.4. The number of nitrogens with zero attached hydrogens (tertiary/aromatic N) is 4. The molecule has 0 aromatic carbocycles. The summed E-state index contributed by atoms with van der Waals surface area (Å²) in [5, 5.41) is 42.1. The van der Waals surface area contributed by atoms with Gasteiger partial charge in [-0.05, 0) is 6.07 Å². The molecule has 5 rings (SSSR count). The summed E-state index contributed by atoms with van der Waals surface area (Å²) in [7, 11) is -10.8. The third kappa shape index (κ3) is 6.65. The minimum Gasteiger partial charge on any atom is -0.387 e. The molecule has 2 saturated heterocycles. The number of nitrogens with two attached hydrogens (primary N) is 1. The largest absolute Gasteiger partial charge is 0.483 e. The van der Waals surface area contributed by atoms with Crippen LogP contribution in [0.1, 0.15) is 22.8 Å². The molecule has 3 aromatic heterocycles. The lowest BCUT2D eigenvalue weighted by Crippen LogP contribution is -2.46. The molecule has 2 aliphatic rings. The van der Waals surface area contributed by atoms with E-state index in [1.807, 2.05) is 0 Å². The van der Waals surface area contributed by atoms with Crippen LogP contribution in [0.3, 0.4) is 0 Å². The zero-order valence-electron chi connectivity index (χ0n) is 22.1. The number of nitrogens with one attached hydrogen (secondary N) is 1. The molecule has 3 aromatic rings. The number of rotatable bonds is 11. The van der Waals surface area contributed by atoms with E-state index >= 15 is 0 Å². The molecule has 21 nitrogen and oxygen atoms in total. The van der Waals surface area contributed by atoms with E-state index in [1.165, 1.54) is 29.1 Å². The van der Waals surface area contributed by atoms with Gasteiger partial charge in [0, 0.05) is 6.07 Å². The summed E-state index contributed by atoms with van der Waals surface area (Å²) < 4.78 is 52.6. The molecule has 9 N–H and O–H groups in total. The van der Waals surface area contributed by atoms with Crippen LogP contribution in [-0.4, -0.2) is 105 Å². The van der Waals surface area contributed by atoms with Crippen LogP contribution in [0.2, 0.25) is 0 Å². The van der Waals surface area contributed by atoms with E-state index < -0.39 is 89.4 Å². The number of primary amides is 1. The summed E-state index contributed by atoms with van der Waals surface area (Å²) in [6, 6.07) is 2.82. The number of carbonyl (C=O) groups excluding carboxylic acids is 1. The fourth-order valence-corrected chi connectivity index (χ4v) is 6.75. The normalized spacial score (nSPS) is 30.5. The Morgan fingerprint density at radius 3 is 2.36 bits per heavy atom. The van der Waals surface area contributed by atoms with E-state index in [0.29, 0.717) is 0 Å². The molecule has 240 valence electrons. The number of aromatic nitrogens is 5. The molecule has 5 heterocycles. The van der Waals surface area contributed by atoms with Crippen LogP contribution >= 0.6 is 15.6 Å². The fraction of sp³-hybridized carbons (Fsp3) is 0.476. The standard InChI is InChI=1S/C21H26N6O15P2/c22-17(32)9-2-1-3-26(4-9)20-15(30)13(28)10(40-20)5-38-44(37,42-43(34,35)36)39-6-11-14(29)16(31)21(41-11)27-8-25-12-18(27)23-7-24-19(12)33/h1-4,7-8,10-11,13-16,20-21,28-31H,5-6H2,(H4-,22,23,24,32,33,34,35,36)/p+1. The number of pyridine rings is 1. The molecule has 2 fully saturated rings. The first-order valence-corrected chi connectivity index (χ1v) is 15.6. The second-order valence-corrected chi connectivity index (χ2v) is 12.7. The minimum absolute atomic E-state index is 0.000496. The maximum Gasteiger partial charge on any atom is 0.483 e. The van der Waals surface area contributed by atoms with Gasteiger partial charge in [0.25, 0.3) is 17.7 Å². The molecule has 0 saturated carbocycles. The number of fused-ring (bicyclic) bond motifs is 1. The highest BCUT2D eigenvalue weighted by molar-refractivity contribution is 7.61. The van der Waals surface area contributed by atoms with Crippen molar-refractivity contribution >= 4 is 32.7 Å². The summed E-state index contributed by atoms with van der Waals surface area (Å²) in [5.74, 6) is -0.777. The highest BCUT2D eigenvalue weighted by Crippen LogP contribution is 2.61. The van der Waals surface area contributed by atoms with Crippen LogP contribution in [0.25, 0.3) is 11.2 Å².